The van der Waals surface area contributed by atoms with Crippen molar-refractivity contribution in [3.05, 3.63) is 22.7 Å². The molecule has 1 aliphatic heterocycles. The Hall–Kier alpha value is -1.70. The van der Waals surface area contributed by atoms with Gasteiger partial charge in [-0.1, -0.05) is 0 Å². The van der Waals surface area contributed by atoms with Crippen molar-refractivity contribution in [2.75, 3.05) is 6.54 Å². The topological polar surface area (TPSA) is 92.6 Å². The summed E-state index contributed by atoms with van der Waals surface area (Å²) < 4.78 is 5.84. The van der Waals surface area contributed by atoms with Crippen LogP contribution in [0.2, 0.25) is 0 Å². The SMILES string of the molecule is CC(C)(C)OC(=O)N1CCC[C@@]1(C(=O)O)c1cnc(Br)cn1. The molecule has 0 aliphatic carbocycles. The molecule has 0 radical (unpaired) electrons. The standard InChI is InChI=1S/C14H18BrN3O4/c1-13(2,3)22-12(21)18-6-4-5-14(18,11(19)20)9-7-17-10(15)8-16-9/h7-8H,4-6H2,1-3H3,(H,19,20)/t14-/m0/s1. The van der Waals surface area contributed by atoms with Crippen molar-refractivity contribution in [1.29, 1.82) is 0 Å². The normalized spacial score (nSPS) is 21.7. The third-order valence-electron chi connectivity index (χ3n) is 3.39. The van der Waals surface area contributed by atoms with Gasteiger partial charge < -0.3 is 9.84 Å². The third kappa shape index (κ3) is 3.06. The van der Waals surface area contributed by atoms with Gasteiger partial charge in [-0.2, -0.15) is 0 Å². The number of hydrogen-bond donors (Lipinski definition) is 1. The Bertz CT molecular complexity index is 585. The zero-order chi connectivity index (χ0) is 16.5. The van der Waals surface area contributed by atoms with E-state index in [-0.39, 0.29) is 12.1 Å². The van der Waals surface area contributed by atoms with Crippen LogP contribution >= 0.6 is 15.9 Å². The molecule has 0 spiro atoms. The van der Waals surface area contributed by atoms with Crippen molar-refractivity contribution >= 4 is 28.0 Å². The second kappa shape index (κ2) is 5.83. The molecule has 22 heavy (non-hydrogen) atoms. The molecule has 1 atom stereocenters. The van der Waals surface area contributed by atoms with Crippen molar-refractivity contribution in [3.8, 4) is 0 Å². The number of aliphatic carboxylic acids is 1. The van der Waals surface area contributed by atoms with Crippen molar-refractivity contribution in [1.82, 2.24) is 14.9 Å². The summed E-state index contributed by atoms with van der Waals surface area (Å²) in [5, 5.41) is 9.78. The van der Waals surface area contributed by atoms with Crippen LogP contribution in [0.15, 0.2) is 17.0 Å². The average molecular weight is 372 g/mol. The molecular weight excluding hydrogens is 354 g/mol. The van der Waals surface area contributed by atoms with Crippen molar-refractivity contribution in [2.24, 2.45) is 0 Å². The van der Waals surface area contributed by atoms with E-state index in [1.165, 1.54) is 17.3 Å². The molecule has 0 bridgehead atoms. The van der Waals surface area contributed by atoms with Gasteiger partial charge in [-0.15, -0.1) is 0 Å². The molecule has 1 fully saturated rings. The Balaban J connectivity index is 2.42. The van der Waals surface area contributed by atoms with E-state index in [0.717, 1.165) is 0 Å². The van der Waals surface area contributed by atoms with Crippen LogP contribution in [0.4, 0.5) is 4.79 Å². The summed E-state index contributed by atoms with van der Waals surface area (Å²) in [6.07, 6.45) is 2.98. The predicted octanol–water partition coefficient (Wildman–Crippen LogP) is 2.55. The van der Waals surface area contributed by atoms with Crippen LogP contribution in [0, 0.1) is 0 Å². The van der Waals surface area contributed by atoms with Crippen LogP contribution in [0.25, 0.3) is 0 Å². The number of likely N-dealkylation sites (tertiary alicyclic amines) is 1. The van der Waals surface area contributed by atoms with E-state index < -0.39 is 23.2 Å². The number of carboxylic acids is 1. The van der Waals surface area contributed by atoms with Gasteiger partial charge >= 0.3 is 12.1 Å². The zero-order valence-electron chi connectivity index (χ0n) is 12.7. The van der Waals surface area contributed by atoms with Gasteiger partial charge in [0.1, 0.15) is 10.2 Å². The molecule has 7 nitrogen and oxygen atoms in total. The number of carbonyl (C=O) groups is 2. The average Bonchev–Trinajstić information content (AvgIpc) is 2.83. The maximum Gasteiger partial charge on any atom is 0.411 e. The molecule has 1 aromatic rings. The molecule has 1 N–H and O–H groups in total. The Morgan fingerprint density at radius 1 is 1.36 bits per heavy atom. The van der Waals surface area contributed by atoms with Gasteiger partial charge in [0.15, 0.2) is 5.54 Å². The second-order valence-electron chi connectivity index (χ2n) is 6.13. The first kappa shape index (κ1) is 16.7. The van der Waals surface area contributed by atoms with Crippen molar-refractivity contribution in [3.63, 3.8) is 0 Å². The quantitative estimate of drug-likeness (QED) is 0.858. The van der Waals surface area contributed by atoms with Gasteiger partial charge in [0.25, 0.3) is 0 Å². The van der Waals surface area contributed by atoms with Crippen LogP contribution in [0.3, 0.4) is 0 Å². The lowest BCUT2D eigenvalue weighted by atomic mass is 9.92. The summed E-state index contributed by atoms with van der Waals surface area (Å²) >= 11 is 3.17. The first-order chi connectivity index (χ1) is 10.2. The number of rotatable bonds is 2. The Morgan fingerprint density at radius 3 is 2.55 bits per heavy atom. The fourth-order valence-electron chi connectivity index (χ4n) is 2.51. The summed E-state index contributed by atoms with van der Waals surface area (Å²) in [6, 6.07) is 0. The van der Waals surface area contributed by atoms with Crippen molar-refractivity contribution in [2.45, 2.75) is 44.8 Å². The minimum Gasteiger partial charge on any atom is -0.479 e. The van der Waals surface area contributed by atoms with E-state index in [1.54, 1.807) is 20.8 Å². The van der Waals surface area contributed by atoms with Gasteiger partial charge in [0, 0.05) is 6.54 Å². The van der Waals surface area contributed by atoms with Crippen LogP contribution < -0.4 is 0 Å². The second-order valence-corrected chi connectivity index (χ2v) is 6.94. The number of ether oxygens (including phenoxy) is 1. The fraction of sp³-hybridized carbons (Fsp3) is 0.571. The van der Waals surface area contributed by atoms with Gasteiger partial charge in [-0.25, -0.2) is 14.6 Å². The highest BCUT2D eigenvalue weighted by molar-refractivity contribution is 9.10. The molecule has 1 aliphatic rings. The lowest BCUT2D eigenvalue weighted by Gasteiger charge is -2.35. The number of halogens is 1. The lowest BCUT2D eigenvalue weighted by molar-refractivity contribution is -0.150. The van der Waals surface area contributed by atoms with Gasteiger partial charge in [-0.3, -0.25) is 9.88 Å². The molecular formula is C14H18BrN3O4. The first-order valence-corrected chi connectivity index (χ1v) is 7.68. The number of aromatic nitrogens is 2. The molecule has 0 saturated carbocycles. The van der Waals surface area contributed by atoms with Crippen LogP contribution in [-0.2, 0) is 15.1 Å². The van der Waals surface area contributed by atoms with Crippen LogP contribution in [0.5, 0.6) is 0 Å². The molecule has 0 aromatic carbocycles. The monoisotopic (exact) mass is 371 g/mol. The minimum absolute atomic E-state index is 0.228. The van der Waals surface area contributed by atoms with Gasteiger partial charge in [0.05, 0.1) is 18.1 Å². The highest BCUT2D eigenvalue weighted by atomic mass is 79.9. The fourth-order valence-corrected chi connectivity index (χ4v) is 2.71. The number of nitrogens with zero attached hydrogens (tertiary/aromatic N) is 3. The summed E-state index contributed by atoms with van der Waals surface area (Å²) in [5.41, 5.74) is -2.00. The van der Waals surface area contributed by atoms with E-state index in [2.05, 4.69) is 25.9 Å². The molecule has 2 rings (SSSR count). The summed E-state index contributed by atoms with van der Waals surface area (Å²) in [5.74, 6) is -1.13. The van der Waals surface area contributed by atoms with Gasteiger partial charge in [0.2, 0.25) is 0 Å². The molecule has 1 aromatic heterocycles. The molecule has 8 heteroatoms. The minimum atomic E-state index is -1.53. The molecule has 120 valence electrons. The summed E-state index contributed by atoms with van der Waals surface area (Å²) in [6.45, 7) is 5.52. The third-order valence-corrected chi connectivity index (χ3v) is 3.80. The Labute approximate surface area is 136 Å². The number of carbonyl (C=O) groups excluding carboxylic acids is 1. The Kier molecular flexibility index (Phi) is 4.42. The molecule has 0 unspecified atom stereocenters. The number of amides is 1. The highest BCUT2D eigenvalue weighted by Gasteiger charge is 2.54. The predicted molar refractivity (Wildman–Crippen MR) is 81.2 cm³/mol. The molecule has 1 saturated heterocycles. The van der Waals surface area contributed by atoms with E-state index >= 15 is 0 Å². The van der Waals surface area contributed by atoms with Gasteiger partial charge in [-0.05, 0) is 49.5 Å². The smallest absolute Gasteiger partial charge is 0.411 e. The highest BCUT2D eigenvalue weighted by Crippen LogP contribution is 2.39. The van der Waals surface area contributed by atoms with Crippen LogP contribution in [-0.4, -0.2) is 44.2 Å². The lowest BCUT2D eigenvalue weighted by Crippen LogP contribution is -2.52. The van der Waals surface area contributed by atoms with Crippen molar-refractivity contribution < 1.29 is 19.4 Å². The number of carboxylic acid groups (broad SMARTS) is 1. The maximum atomic E-state index is 12.4. The largest absolute Gasteiger partial charge is 0.479 e. The summed E-state index contributed by atoms with van der Waals surface area (Å²) in [4.78, 5) is 33.8. The van der Waals surface area contributed by atoms with E-state index in [1.807, 2.05) is 0 Å². The summed E-state index contributed by atoms with van der Waals surface area (Å²) in [7, 11) is 0. The van der Waals surface area contributed by atoms with E-state index in [9.17, 15) is 14.7 Å². The zero-order valence-corrected chi connectivity index (χ0v) is 14.3. The molecule has 1 amide bonds. The van der Waals surface area contributed by atoms with E-state index in [4.69, 9.17) is 4.74 Å². The maximum absolute atomic E-state index is 12.4. The molecule has 2 heterocycles. The van der Waals surface area contributed by atoms with E-state index in [0.29, 0.717) is 17.6 Å². The first-order valence-electron chi connectivity index (χ1n) is 6.89. The number of hydrogen-bond acceptors (Lipinski definition) is 5. The van der Waals surface area contributed by atoms with Crippen LogP contribution in [0.1, 0.15) is 39.3 Å². The Morgan fingerprint density at radius 2 is 2.05 bits per heavy atom.